The molecule has 0 spiro atoms. The van der Waals surface area contributed by atoms with Crippen LogP contribution in [0.4, 0.5) is 11.5 Å². The fraction of sp³-hybridized carbons (Fsp3) is 0.429. The molecule has 4 rings (SSSR count). The minimum Gasteiger partial charge on any atom is -0.480 e. The highest BCUT2D eigenvalue weighted by Gasteiger charge is 2.45. The van der Waals surface area contributed by atoms with Gasteiger partial charge in [-0.1, -0.05) is 12.1 Å². The highest BCUT2D eigenvalue weighted by molar-refractivity contribution is 5.81. The number of nitrogen functional groups attached to an aromatic ring is 1. The summed E-state index contributed by atoms with van der Waals surface area (Å²) in [5.41, 5.74) is 12.8. The lowest BCUT2D eigenvalue weighted by Gasteiger charge is -2.27. The van der Waals surface area contributed by atoms with Crippen molar-refractivity contribution in [3.05, 3.63) is 52.6 Å². The van der Waals surface area contributed by atoms with Crippen LogP contribution in [0.2, 0.25) is 0 Å². The third kappa shape index (κ3) is 5.24. The fourth-order valence-electron chi connectivity index (χ4n) is 4.08. The second-order valence-corrected chi connectivity index (χ2v) is 8.52. The maximum atomic E-state index is 11.2. The molecule has 36 heavy (non-hydrogen) atoms. The van der Waals surface area contributed by atoms with Crippen LogP contribution in [-0.4, -0.2) is 88.1 Å². The van der Waals surface area contributed by atoms with Gasteiger partial charge < -0.3 is 31.5 Å². The number of hydrogen-bond donors (Lipinski definition) is 5. The Kier molecular flexibility index (Phi) is 7.37. The number of aliphatic carboxylic acids is 1. The number of non-ortho nitro benzene ring substituents is 1. The first-order chi connectivity index (χ1) is 17.2. The Morgan fingerprint density at radius 2 is 1.94 bits per heavy atom. The van der Waals surface area contributed by atoms with Gasteiger partial charge in [-0.25, -0.2) is 15.0 Å². The average Bonchev–Trinajstić information content (AvgIpc) is 3.40. The quantitative estimate of drug-likeness (QED) is 0.170. The largest absolute Gasteiger partial charge is 0.480 e. The first kappa shape index (κ1) is 25.3. The number of aliphatic hydroxyl groups is 2. The van der Waals surface area contributed by atoms with Crippen LogP contribution < -0.4 is 11.5 Å². The van der Waals surface area contributed by atoms with E-state index in [9.17, 15) is 25.1 Å². The molecule has 0 saturated carbocycles. The van der Waals surface area contributed by atoms with E-state index < -0.39 is 41.5 Å². The number of benzene rings is 1. The van der Waals surface area contributed by atoms with Gasteiger partial charge in [0.1, 0.15) is 36.2 Å². The number of nitro groups is 1. The number of carbonyl (C=O) groups is 1. The lowest BCUT2D eigenvalue weighted by molar-refractivity contribution is -0.384. The van der Waals surface area contributed by atoms with Crippen molar-refractivity contribution >= 4 is 28.6 Å². The molecule has 1 aliphatic rings. The molecule has 3 aromatic rings. The molecule has 1 saturated heterocycles. The monoisotopic (exact) mass is 502 g/mol. The van der Waals surface area contributed by atoms with Crippen LogP contribution in [0.1, 0.15) is 18.2 Å². The average molecular weight is 502 g/mol. The van der Waals surface area contributed by atoms with Crippen molar-refractivity contribution in [3.63, 3.8) is 0 Å². The number of hydrogen-bond acceptors (Lipinski definition) is 12. The molecule has 0 bridgehead atoms. The third-order valence-corrected chi connectivity index (χ3v) is 6.06. The molecule has 3 heterocycles. The van der Waals surface area contributed by atoms with Crippen LogP contribution >= 0.6 is 0 Å². The topological polar surface area (TPSA) is 229 Å². The Morgan fingerprint density at radius 1 is 1.22 bits per heavy atom. The number of fused-ring (bicyclic) bond motifs is 1. The van der Waals surface area contributed by atoms with Gasteiger partial charge in [0.25, 0.3) is 5.69 Å². The maximum Gasteiger partial charge on any atom is 0.320 e. The summed E-state index contributed by atoms with van der Waals surface area (Å²) in [6, 6.07) is 4.82. The van der Waals surface area contributed by atoms with Crippen LogP contribution in [0.3, 0.4) is 0 Å². The zero-order chi connectivity index (χ0) is 26.0. The molecule has 1 aromatic carbocycles. The maximum absolute atomic E-state index is 11.2. The molecule has 1 aliphatic heterocycles. The summed E-state index contributed by atoms with van der Waals surface area (Å²) in [6.07, 6.45) is -1.71. The van der Waals surface area contributed by atoms with E-state index in [1.54, 1.807) is 17.0 Å². The molecule has 192 valence electrons. The number of aromatic nitrogens is 4. The fourth-order valence-corrected chi connectivity index (χ4v) is 4.08. The van der Waals surface area contributed by atoms with E-state index in [1.807, 2.05) is 0 Å². The summed E-state index contributed by atoms with van der Waals surface area (Å²) in [6.45, 7) is 0.618. The number of carboxylic acids is 1. The predicted molar refractivity (Wildman–Crippen MR) is 124 cm³/mol. The number of ether oxygens (including phenoxy) is 1. The Bertz CT molecular complexity index is 1240. The Morgan fingerprint density at radius 3 is 2.61 bits per heavy atom. The first-order valence-electron chi connectivity index (χ1n) is 11.0. The summed E-state index contributed by atoms with van der Waals surface area (Å²) < 4.78 is 7.46. The van der Waals surface area contributed by atoms with Crippen LogP contribution in [0.5, 0.6) is 0 Å². The number of aliphatic hydroxyl groups excluding tert-OH is 2. The summed E-state index contributed by atoms with van der Waals surface area (Å²) in [4.78, 5) is 35.6. The Hall–Kier alpha value is -3.76. The van der Waals surface area contributed by atoms with Gasteiger partial charge in [-0.2, -0.15) is 0 Å². The van der Waals surface area contributed by atoms with E-state index >= 15 is 0 Å². The van der Waals surface area contributed by atoms with Gasteiger partial charge in [0.15, 0.2) is 17.7 Å². The van der Waals surface area contributed by atoms with Crippen LogP contribution in [-0.2, 0) is 16.1 Å². The number of nitro benzene ring substituents is 1. The van der Waals surface area contributed by atoms with Gasteiger partial charge >= 0.3 is 5.97 Å². The Balaban J connectivity index is 1.52. The minimum atomic E-state index is -1.31. The zero-order valence-electron chi connectivity index (χ0n) is 19.0. The van der Waals surface area contributed by atoms with E-state index in [1.165, 1.54) is 29.4 Å². The van der Waals surface area contributed by atoms with Crippen molar-refractivity contribution in [2.24, 2.45) is 5.73 Å². The SMILES string of the molecule is Nc1ncnc2c1ncn2[C@@H]1O[C@H](CN(CC[C@H](N)C(=O)O)Cc2ccc([N+](=O)[O-])cc2)[C@@H](O)[C@H]1O. The van der Waals surface area contributed by atoms with Crippen molar-refractivity contribution in [1.29, 1.82) is 0 Å². The molecule has 5 atom stereocenters. The first-order valence-corrected chi connectivity index (χ1v) is 11.0. The Labute approximate surface area is 204 Å². The number of nitrogens with two attached hydrogens (primary N) is 2. The second kappa shape index (κ2) is 10.5. The van der Waals surface area contributed by atoms with Crippen LogP contribution in [0, 0.1) is 10.1 Å². The molecule has 0 aliphatic carbocycles. The van der Waals surface area contributed by atoms with Gasteiger partial charge in [-0.3, -0.25) is 24.4 Å². The number of nitrogens with zero attached hydrogens (tertiary/aromatic N) is 6. The molecule has 2 aromatic heterocycles. The predicted octanol–water partition coefficient (Wildman–Crippen LogP) is -0.760. The van der Waals surface area contributed by atoms with Gasteiger partial charge in [0, 0.05) is 31.8 Å². The van der Waals surface area contributed by atoms with Gasteiger partial charge in [0.2, 0.25) is 0 Å². The molecule has 15 nitrogen and oxygen atoms in total. The third-order valence-electron chi connectivity index (χ3n) is 6.06. The van der Waals surface area contributed by atoms with Gasteiger partial charge in [0.05, 0.1) is 11.3 Å². The molecule has 15 heteroatoms. The molecular weight excluding hydrogens is 476 g/mol. The van der Waals surface area contributed by atoms with E-state index in [0.717, 1.165) is 5.56 Å². The van der Waals surface area contributed by atoms with Crippen LogP contribution in [0.15, 0.2) is 36.9 Å². The summed E-state index contributed by atoms with van der Waals surface area (Å²) in [7, 11) is 0. The summed E-state index contributed by atoms with van der Waals surface area (Å²) in [5, 5.41) is 41.6. The standard InChI is InChI=1S/C21H26N8O7/c22-13(21(32)33)5-6-27(7-11-1-3-12(4-2-11)29(34)35)8-14-16(30)17(31)20(36-14)28-10-26-15-18(23)24-9-25-19(15)28/h1-4,9-10,13-14,16-17,20,30-31H,5-8,22H2,(H,32,33)(H2,23,24,25)/t13-,14+,16+,17+,20+/m0/s1. The minimum absolute atomic E-state index is 0.0595. The van der Waals surface area contributed by atoms with Crippen molar-refractivity contribution in [1.82, 2.24) is 24.4 Å². The van der Waals surface area contributed by atoms with Crippen LogP contribution in [0.25, 0.3) is 11.2 Å². The van der Waals surface area contributed by atoms with Gasteiger partial charge in [-0.05, 0) is 12.0 Å². The number of anilines is 1. The van der Waals surface area contributed by atoms with E-state index in [0.29, 0.717) is 11.2 Å². The molecule has 7 N–H and O–H groups in total. The molecular formula is C21H26N8O7. The van der Waals surface area contributed by atoms with Crippen molar-refractivity contribution < 1.29 is 29.8 Å². The number of rotatable bonds is 10. The molecule has 0 unspecified atom stereocenters. The normalized spacial score (nSPS) is 22.8. The highest BCUT2D eigenvalue weighted by Crippen LogP contribution is 2.32. The number of carboxylic acid groups (broad SMARTS) is 1. The summed E-state index contributed by atoms with van der Waals surface area (Å²) in [5.74, 6) is -0.987. The van der Waals surface area contributed by atoms with Crippen molar-refractivity contribution in [3.8, 4) is 0 Å². The molecule has 0 amide bonds. The van der Waals surface area contributed by atoms with Gasteiger partial charge in [-0.15, -0.1) is 0 Å². The smallest absolute Gasteiger partial charge is 0.320 e. The molecule has 1 fully saturated rings. The molecule has 0 radical (unpaired) electrons. The number of imidazole rings is 1. The van der Waals surface area contributed by atoms with E-state index in [-0.39, 0.29) is 37.6 Å². The lowest BCUT2D eigenvalue weighted by atomic mass is 10.1. The lowest BCUT2D eigenvalue weighted by Crippen LogP contribution is -2.42. The highest BCUT2D eigenvalue weighted by atomic mass is 16.6. The van der Waals surface area contributed by atoms with E-state index in [4.69, 9.17) is 21.3 Å². The van der Waals surface area contributed by atoms with Crippen molar-refractivity contribution in [2.75, 3.05) is 18.8 Å². The van der Waals surface area contributed by atoms with E-state index in [2.05, 4.69) is 15.0 Å². The second-order valence-electron chi connectivity index (χ2n) is 8.52. The van der Waals surface area contributed by atoms with Crippen molar-refractivity contribution in [2.45, 2.75) is 43.5 Å². The summed E-state index contributed by atoms with van der Waals surface area (Å²) >= 11 is 0. The zero-order valence-corrected chi connectivity index (χ0v) is 19.0.